The van der Waals surface area contributed by atoms with Gasteiger partial charge in [-0.2, -0.15) is 13.2 Å². The Hall–Kier alpha value is -2.25. The molecule has 116 valence electrons. The molecule has 0 unspecified atom stereocenters. The number of benzene rings is 1. The first-order chi connectivity index (χ1) is 9.67. The van der Waals surface area contributed by atoms with Gasteiger partial charge in [-0.1, -0.05) is 0 Å². The third-order valence-corrected chi connectivity index (χ3v) is 2.68. The van der Waals surface area contributed by atoms with Gasteiger partial charge in [0, 0.05) is 12.1 Å². The van der Waals surface area contributed by atoms with E-state index >= 15 is 0 Å². The smallest absolute Gasteiger partial charge is 0.406 e. The van der Waals surface area contributed by atoms with Gasteiger partial charge in [0.2, 0.25) is 0 Å². The number of aromatic carboxylic acids is 1. The van der Waals surface area contributed by atoms with Crippen LogP contribution in [0.2, 0.25) is 0 Å². The van der Waals surface area contributed by atoms with Gasteiger partial charge in [0.15, 0.2) is 0 Å². The Labute approximate surface area is 118 Å². The normalized spacial score (nSPS) is 11.1. The summed E-state index contributed by atoms with van der Waals surface area (Å²) in [5, 5.41) is 8.93. The molecule has 0 spiro atoms. The summed E-state index contributed by atoms with van der Waals surface area (Å²) in [5.74, 6) is -2.13. The molecule has 0 radical (unpaired) electrons. The number of rotatable bonds is 5. The number of carbonyl (C=O) groups excluding carboxylic acids is 1. The van der Waals surface area contributed by atoms with Gasteiger partial charge in [0.25, 0.3) is 5.91 Å². The first kappa shape index (κ1) is 16.8. The Morgan fingerprint density at radius 1 is 1.24 bits per heavy atom. The number of carboxylic acids is 1. The summed E-state index contributed by atoms with van der Waals surface area (Å²) in [5.41, 5.74) is -0.404. The second-order valence-corrected chi connectivity index (χ2v) is 4.19. The summed E-state index contributed by atoms with van der Waals surface area (Å²) in [6.07, 6.45) is -4.53. The Morgan fingerprint density at radius 2 is 1.81 bits per heavy atom. The number of halogens is 3. The van der Waals surface area contributed by atoms with Crippen LogP contribution in [-0.4, -0.2) is 48.3 Å². The number of hydrogen-bond donors (Lipinski definition) is 1. The van der Waals surface area contributed by atoms with Crippen molar-refractivity contribution in [1.82, 2.24) is 4.90 Å². The fraction of sp³-hybridized carbons (Fsp3) is 0.385. The van der Waals surface area contributed by atoms with Gasteiger partial charge in [0.1, 0.15) is 12.3 Å². The largest absolute Gasteiger partial charge is 0.497 e. The highest BCUT2D eigenvalue weighted by Gasteiger charge is 2.32. The van der Waals surface area contributed by atoms with Gasteiger partial charge in [-0.05, 0) is 25.1 Å². The van der Waals surface area contributed by atoms with E-state index in [0.717, 1.165) is 6.07 Å². The fourth-order valence-electron chi connectivity index (χ4n) is 1.69. The monoisotopic (exact) mass is 305 g/mol. The SMILES string of the molecule is CCN(CC(F)(F)F)C(=O)c1cc(OC)cc(C(=O)O)c1. The molecule has 0 bridgehead atoms. The molecule has 0 aromatic heterocycles. The number of ether oxygens (including phenoxy) is 1. The van der Waals surface area contributed by atoms with Crippen LogP contribution in [0.1, 0.15) is 27.6 Å². The molecule has 0 saturated heterocycles. The van der Waals surface area contributed by atoms with Gasteiger partial charge >= 0.3 is 12.1 Å². The maximum Gasteiger partial charge on any atom is 0.406 e. The highest BCUT2D eigenvalue weighted by atomic mass is 19.4. The lowest BCUT2D eigenvalue weighted by atomic mass is 10.1. The van der Waals surface area contributed by atoms with Crippen molar-refractivity contribution in [2.75, 3.05) is 20.2 Å². The number of nitrogens with zero attached hydrogens (tertiary/aromatic N) is 1. The van der Waals surface area contributed by atoms with Crippen molar-refractivity contribution in [3.05, 3.63) is 29.3 Å². The molecule has 0 atom stereocenters. The summed E-state index contributed by atoms with van der Waals surface area (Å²) in [7, 11) is 1.27. The van der Waals surface area contributed by atoms with Gasteiger partial charge < -0.3 is 14.7 Å². The van der Waals surface area contributed by atoms with Crippen molar-refractivity contribution >= 4 is 11.9 Å². The molecule has 0 aliphatic heterocycles. The van der Waals surface area contributed by atoms with Crippen molar-refractivity contribution in [2.24, 2.45) is 0 Å². The Kier molecular flexibility index (Phi) is 5.17. The van der Waals surface area contributed by atoms with Crippen molar-refractivity contribution in [1.29, 1.82) is 0 Å². The number of hydrogen-bond acceptors (Lipinski definition) is 3. The van der Waals surface area contributed by atoms with Gasteiger partial charge in [0.05, 0.1) is 12.7 Å². The number of amides is 1. The lowest BCUT2D eigenvalue weighted by molar-refractivity contribution is -0.140. The highest BCUT2D eigenvalue weighted by molar-refractivity contribution is 5.98. The average molecular weight is 305 g/mol. The molecule has 0 saturated carbocycles. The molecule has 1 amide bonds. The molecule has 1 N–H and O–H groups in total. The van der Waals surface area contributed by atoms with Crippen LogP contribution in [0.15, 0.2) is 18.2 Å². The van der Waals surface area contributed by atoms with Crippen LogP contribution in [0, 0.1) is 0 Å². The zero-order valence-electron chi connectivity index (χ0n) is 11.4. The number of methoxy groups -OCH3 is 1. The lowest BCUT2D eigenvalue weighted by Crippen LogP contribution is -2.38. The van der Waals surface area contributed by atoms with Gasteiger partial charge in [-0.15, -0.1) is 0 Å². The molecule has 0 aliphatic carbocycles. The van der Waals surface area contributed by atoms with E-state index in [1.165, 1.54) is 26.2 Å². The second-order valence-electron chi connectivity index (χ2n) is 4.19. The molecule has 1 aromatic rings. The molecular formula is C13H14F3NO4. The Bertz CT molecular complexity index is 543. The zero-order chi connectivity index (χ0) is 16.2. The summed E-state index contributed by atoms with van der Waals surface area (Å²) in [6, 6.07) is 3.40. The summed E-state index contributed by atoms with van der Waals surface area (Å²) >= 11 is 0. The second kappa shape index (κ2) is 6.47. The molecule has 21 heavy (non-hydrogen) atoms. The molecule has 0 fully saturated rings. The first-order valence-electron chi connectivity index (χ1n) is 5.96. The summed E-state index contributed by atoms with van der Waals surface area (Å²) in [4.78, 5) is 23.6. The van der Waals surface area contributed by atoms with Crippen LogP contribution in [0.4, 0.5) is 13.2 Å². The van der Waals surface area contributed by atoms with Gasteiger partial charge in [-0.3, -0.25) is 4.79 Å². The molecule has 8 heteroatoms. The maximum atomic E-state index is 12.4. The maximum absolute atomic E-state index is 12.4. The minimum absolute atomic E-state index is 0.0845. The van der Waals surface area contributed by atoms with Crippen LogP contribution < -0.4 is 4.74 Å². The molecule has 0 aliphatic rings. The highest BCUT2D eigenvalue weighted by Crippen LogP contribution is 2.21. The summed E-state index contributed by atoms with van der Waals surface area (Å²) in [6.45, 7) is -0.151. The van der Waals surface area contributed by atoms with Crippen LogP contribution >= 0.6 is 0 Å². The Morgan fingerprint density at radius 3 is 2.24 bits per heavy atom. The predicted molar refractivity (Wildman–Crippen MR) is 67.6 cm³/mol. The third kappa shape index (κ3) is 4.66. The van der Waals surface area contributed by atoms with E-state index in [-0.39, 0.29) is 23.4 Å². The molecule has 5 nitrogen and oxygen atoms in total. The van der Waals surface area contributed by atoms with E-state index in [1.54, 1.807) is 0 Å². The first-order valence-corrected chi connectivity index (χ1v) is 5.96. The quantitative estimate of drug-likeness (QED) is 0.907. The van der Waals surface area contributed by atoms with Crippen molar-refractivity contribution < 1.29 is 32.6 Å². The molecule has 0 heterocycles. The molecule has 1 aromatic carbocycles. The molecule has 1 rings (SSSR count). The van der Waals surface area contributed by atoms with E-state index in [9.17, 15) is 22.8 Å². The van der Waals surface area contributed by atoms with E-state index in [2.05, 4.69) is 0 Å². The van der Waals surface area contributed by atoms with Crippen LogP contribution in [0.3, 0.4) is 0 Å². The minimum Gasteiger partial charge on any atom is -0.497 e. The standard InChI is InChI=1S/C13H14F3NO4/c1-3-17(7-13(14,15)16)11(18)8-4-9(12(19)20)6-10(5-8)21-2/h4-6H,3,7H2,1-2H3,(H,19,20). The van der Waals surface area contributed by atoms with Crippen LogP contribution in [0.25, 0.3) is 0 Å². The average Bonchev–Trinajstić information content (AvgIpc) is 2.42. The van der Waals surface area contributed by atoms with E-state index in [1.807, 2.05) is 0 Å². The number of carboxylic acid groups (broad SMARTS) is 1. The fourth-order valence-corrected chi connectivity index (χ4v) is 1.69. The van der Waals surface area contributed by atoms with E-state index < -0.39 is 24.6 Å². The lowest BCUT2D eigenvalue weighted by Gasteiger charge is -2.22. The van der Waals surface area contributed by atoms with Crippen LogP contribution in [-0.2, 0) is 0 Å². The number of alkyl halides is 3. The van der Waals surface area contributed by atoms with Crippen molar-refractivity contribution in [2.45, 2.75) is 13.1 Å². The predicted octanol–water partition coefficient (Wildman–Crippen LogP) is 2.42. The zero-order valence-corrected chi connectivity index (χ0v) is 11.4. The van der Waals surface area contributed by atoms with E-state index in [4.69, 9.17) is 9.84 Å². The Balaban J connectivity index is 3.15. The number of carbonyl (C=O) groups is 2. The third-order valence-electron chi connectivity index (χ3n) is 2.68. The van der Waals surface area contributed by atoms with Crippen molar-refractivity contribution in [3.8, 4) is 5.75 Å². The van der Waals surface area contributed by atoms with Crippen molar-refractivity contribution in [3.63, 3.8) is 0 Å². The van der Waals surface area contributed by atoms with Gasteiger partial charge in [-0.25, -0.2) is 4.79 Å². The topological polar surface area (TPSA) is 66.8 Å². The minimum atomic E-state index is -4.53. The van der Waals surface area contributed by atoms with E-state index in [0.29, 0.717) is 4.90 Å². The molecular weight excluding hydrogens is 291 g/mol. The summed E-state index contributed by atoms with van der Waals surface area (Å²) < 4.78 is 42.1. The van der Waals surface area contributed by atoms with Crippen LogP contribution in [0.5, 0.6) is 5.75 Å².